The predicted octanol–water partition coefficient (Wildman–Crippen LogP) is 6.13. The number of nitrogens with zero attached hydrogens (tertiary/aromatic N) is 2. The smallest absolute Gasteiger partial charge is 0.331 e. The van der Waals surface area contributed by atoms with Crippen LogP contribution in [0.2, 0.25) is 0 Å². The minimum Gasteiger partial charge on any atom is -0.331 e. The Morgan fingerprint density at radius 2 is 1.65 bits per heavy atom. The third-order valence-corrected chi connectivity index (χ3v) is 5.42. The summed E-state index contributed by atoms with van der Waals surface area (Å²) in [6.07, 6.45) is -4.41. The fourth-order valence-corrected chi connectivity index (χ4v) is 3.59. The van der Waals surface area contributed by atoms with Gasteiger partial charge in [-0.3, -0.25) is 4.79 Å². The van der Waals surface area contributed by atoms with Crippen molar-refractivity contribution in [3.63, 3.8) is 0 Å². The SMILES string of the molecule is Cc1ccc2c(nc(C)n2C)c1NC(=O)c1ccccc1-c1ccc(C(F)(F)F)cc1. The number of fused-ring (bicyclic) bond motifs is 1. The Balaban J connectivity index is 1.73. The van der Waals surface area contributed by atoms with Gasteiger partial charge < -0.3 is 9.88 Å². The molecule has 0 bridgehead atoms. The van der Waals surface area contributed by atoms with Crippen molar-refractivity contribution in [2.24, 2.45) is 7.05 Å². The molecular weight excluding hydrogens is 403 g/mol. The van der Waals surface area contributed by atoms with Crippen molar-refractivity contribution in [2.75, 3.05) is 5.32 Å². The predicted molar refractivity (Wildman–Crippen MR) is 115 cm³/mol. The van der Waals surface area contributed by atoms with Crippen LogP contribution in [0.25, 0.3) is 22.2 Å². The monoisotopic (exact) mass is 423 g/mol. The highest BCUT2D eigenvalue weighted by Crippen LogP contribution is 2.33. The number of hydrogen-bond acceptors (Lipinski definition) is 2. The molecule has 4 nitrogen and oxygen atoms in total. The van der Waals surface area contributed by atoms with Gasteiger partial charge in [-0.05, 0) is 54.8 Å². The molecule has 4 rings (SSSR count). The number of halogens is 3. The Morgan fingerprint density at radius 1 is 0.968 bits per heavy atom. The number of rotatable bonds is 3. The van der Waals surface area contributed by atoms with Crippen molar-refractivity contribution >= 4 is 22.6 Å². The van der Waals surface area contributed by atoms with Crippen LogP contribution >= 0.6 is 0 Å². The number of nitrogens with one attached hydrogen (secondary N) is 1. The van der Waals surface area contributed by atoms with E-state index in [0.717, 1.165) is 29.0 Å². The average molecular weight is 423 g/mol. The molecule has 1 heterocycles. The molecule has 1 aromatic heterocycles. The van der Waals surface area contributed by atoms with Crippen molar-refractivity contribution in [1.82, 2.24) is 9.55 Å². The van der Waals surface area contributed by atoms with Crippen molar-refractivity contribution in [2.45, 2.75) is 20.0 Å². The molecule has 4 aromatic rings. The number of alkyl halides is 3. The Bertz CT molecular complexity index is 1290. The molecule has 0 radical (unpaired) electrons. The molecular formula is C24H20F3N3O. The first-order valence-electron chi connectivity index (χ1n) is 9.67. The lowest BCUT2D eigenvalue weighted by atomic mass is 9.98. The molecule has 1 N–H and O–H groups in total. The third-order valence-electron chi connectivity index (χ3n) is 5.42. The summed E-state index contributed by atoms with van der Waals surface area (Å²) in [4.78, 5) is 17.8. The molecule has 0 aliphatic rings. The average Bonchev–Trinajstić information content (AvgIpc) is 3.03. The lowest BCUT2D eigenvalue weighted by Crippen LogP contribution is -2.14. The van der Waals surface area contributed by atoms with Crippen molar-refractivity contribution in [3.8, 4) is 11.1 Å². The van der Waals surface area contributed by atoms with E-state index in [1.54, 1.807) is 24.3 Å². The van der Waals surface area contributed by atoms with E-state index in [-0.39, 0.29) is 5.91 Å². The molecule has 3 aromatic carbocycles. The largest absolute Gasteiger partial charge is 0.416 e. The van der Waals surface area contributed by atoms with Crippen LogP contribution < -0.4 is 5.32 Å². The topological polar surface area (TPSA) is 46.9 Å². The normalized spacial score (nSPS) is 11.7. The maximum Gasteiger partial charge on any atom is 0.416 e. The van der Waals surface area contributed by atoms with E-state index in [1.807, 2.05) is 37.6 Å². The second kappa shape index (κ2) is 7.58. The third kappa shape index (κ3) is 3.79. The zero-order valence-corrected chi connectivity index (χ0v) is 17.2. The molecule has 0 fully saturated rings. The number of imidazole rings is 1. The molecule has 0 saturated carbocycles. The number of amides is 1. The zero-order valence-electron chi connectivity index (χ0n) is 17.2. The van der Waals surface area contributed by atoms with Crippen LogP contribution in [0.1, 0.15) is 27.3 Å². The zero-order chi connectivity index (χ0) is 22.3. The van der Waals surface area contributed by atoms with E-state index in [1.165, 1.54) is 12.1 Å². The highest BCUT2D eigenvalue weighted by atomic mass is 19.4. The first-order valence-corrected chi connectivity index (χ1v) is 9.67. The summed E-state index contributed by atoms with van der Waals surface area (Å²) in [6, 6.07) is 15.5. The number of carbonyl (C=O) groups is 1. The summed E-state index contributed by atoms with van der Waals surface area (Å²) in [6.45, 7) is 3.78. The molecule has 0 unspecified atom stereocenters. The van der Waals surface area contributed by atoms with Gasteiger partial charge in [0.15, 0.2) is 0 Å². The van der Waals surface area contributed by atoms with Gasteiger partial charge in [0.25, 0.3) is 5.91 Å². The van der Waals surface area contributed by atoms with Gasteiger partial charge in [0.2, 0.25) is 0 Å². The van der Waals surface area contributed by atoms with Crippen LogP contribution in [0.5, 0.6) is 0 Å². The van der Waals surface area contributed by atoms with Crippen molar-refractivity contribution < 1.29 is 18.0 Å². The first-order chi connectivity index (χ1) is 14.7. The fraction of sp³-hybridized carbons (Fsp3) is 0.167. The molecule has 0 saturated heterocycles. The summed E-state index contributed by atoms with van der Waals surface area (Å²) >= 11 is 0. The second-order valence-corrected chi connectivity index (χ2v) is 7.42. The van der Waals surface area contributed by atoms with Gasteiger partial charge in [-0.15, -0.1) is 0 Å². The molecule has 1 amide bonds. The Morgan fingerprint density at radius 3 is 2.32 bits per heavy atom. The fourth-order valence-electron chi connectivity index (χ4n) is 3.59. The Hall–Kier alpha value is -3.61. The number of aryl methyl sites for hydroxylation is 3. The van der Waals surface area contributed by atoms with Gasteiger partial charge in [-0.1, -0.05) is 36.4 Å². The number of carbonyl (C=O) groups excluding carboxylic acids is 1. The van der Waals surface area contributed by atoms with Gasteiger partial charge in [-0.25, -0.2) is 4.98 Å². The maximum absolute atomic E-state index is 13.2. The van der Waals surface area contributed by atoms with E-state index in [2.05, 4.69) is 10.3 Å². The lowest BCUT2D eigenvalue weighted by molar-refractivity contribution is -0.137. The van der Waals surface area contributed by atoms with Crippen LogP contribution in [0.15, 0.2) is 60.7 Å². The first kappa shape index (κ1) is 20.7. The minimum absolute atomic E-state index is 0.352. The van der Waals surface area contributed by atoms with Crippen LogP contribution in [-0.2, 0) is 13.2 Å². The van der Waals surface area contributed by atoms with E-state index in [4.69, 9.17) is 0 Å². The van der Waals surface area contributed by atoms with Gasteiger partial charge in [0.1, 0.15) is 11.3 Å². The Kier molecular flexibility index (Phi) is 5.05. The van der Waals surface area contributed by atoms with Gasteiger partial charge >= 0.3 is 6.18 Å². The number of anilines is 1. The van der Waals surface area contributed by atoms with Crippen LogP contribution in [-0.4, -0.2) is 15.5 Å². The highest BCUT2D eigenvalue weighted by Gasteiger charge is 2.30. The molecule has 0 aliphatic heterocycles. The van der Waals surface area contributed by atoms with E-state index < -0.39 is 11.7 Å². The number of hydrogen-bond donors (Lipinski definition) is 1. The second-order valence-electron chi connectivity index (χ2n) is 7.42. The number of aromatic nitrogens is 2. The van der Waals surface area contributed by atoms with Crippen LogP contribution in [0.3, 0.4) is 0 Å². The van der Waals surface area contributed by atoms with Crippen LogP contribution in [0.4, 0.5) is 18.9 Å². The van der Waals surface area contributed by atoms with E-state index >= 15 is 0 Å². The van der Waals surface area contributed by atoms with E-state index in [0.29, 0.717) is 27.9 Å². The summed E-state index contributed by atoms with van der Waals surface area (Å²) in [5, 5.41) is 2.96. The molecule has 0 spiro atoms. The molecule has 158 valence electrons. The number of benzene rings is 3. The summed E-state index contributed by atoms with van der Waals surface area (Å²) in [5.74, 6) is 0.468. The quantitative estimate of drug-likeness (QED) is 0.431. The van der Waals surface area contributed by atoms with Crippen molar-refractivity contribution in [1.29, 1.82) is 0 Å². The summed E-state index contributed by atoms with van der Waals surface area (Å²) < 4.78 is 40.6. The molecule has 31 heavy (non-hydrogen) atoms. The molecule has 0 atom stereocenters. The van der Waals surface area contributed by atoms with Gasteiger partial charge in [-0.2, -0.15) is 13.2 Å². The van der Waals surface area contributed by atoms with Gasteiger partial charge in [0, 0.05) is 12.6 Å². The van der Waals surface area contributed by atoms with Crippen molar-refractivity contribution in [3.05, 3.63) is 83.2 Å². The minimum atomic E-state index is -4.41. The lowest BCUT2D eigenvalue weighted by Gasteiger charge is -2.13. The highest BCUT2D eigenvalue weighted by molar-refractivity contribution is 6.12. The van der Waals surface area contributed by atoms with Gasteiger partial charge in [0.05, 0.1) is 16.8 Å². The standard InChI is InChI=1S/C24H20F3N3O/c1-14-8-13-20-22(28-15(2)30(20)3)21(14)29-23(31)19-7-5-4-6-18(19)16-9-11-17(12-10-16)24(25,26)27/h4-13H,1-3H3,(H,29,31). The van der Waals surface area contributed by atoms with E-state index in [9.17, 15) is 18.0 Å². The van der Waals surface area contributed by atoms with Crippen LogP contribution in [0, 0.1) is 13.8 Å². The Labute approximate surface area is 177 Å². The summed E-state index contributed by atoms with van der Waals surface area (Å²) in [7, 11) is 1.91. The molecule has 0 aliphatic carbocycles. The maximum atomic E-state index is 13.2. The summed E-state index contributed by atoms with van der Waals surface area (Å²) in [5.41, 5.74) is 3.80. The molecule has 7 heteroatoms.